The average Bonchev–Trinajstić information content (AvgIpc) is 2.80. The molecule has 1 atom stereocenters. The number of phenols is 1. The maximum atomic E-state index is 12.0. The number of aromatic hydroxyl groups is 1. The minimum absolute atomic E-state index is 0.0782. The number of hydrogen-bond acceptors (Lipinski definition) is 4. The van der Waals surface area contributed by atoms with Crippen LogP contribution in [0.15, 0.2) is 18.2 Å². The normalized spacial score (nSPS) is 16.9. The van der Waals surface area contributed by atoms with Gasteiger partial charge in [0.1, 0.15) is 18.1 Å². The predicted octanol–water partition coefficient (Wildman–Crippen LogP) is 1.63. The lowest BCUT2D eigenvalue weighted by molar-refractivity contribution is -0.130. The molecule has 0 spiro atoms. The molecule has 1 aliphatic heterocycles. The van der Waals surface area contributed by atoms with E-state index in [0.717, 1.165) is 18.5 Å². The monoisotopic (exact) mass is 278 g/mol. The highest BCUT2D eigenvalue weighted by molar-refractivity contribution is 5.77. The van der Waals surface area contributed by atoms with Crippen LogP contribution in [0.4, 0.5) is 0 Å². The van der Waals surface area contributed by atoms with E-state index in [9.17, 15) is 9.90 Å². The van der Waals surface area contributed by atoms with Gasteiger partial charge in [0.05, 0.1) is 12.6 Å². The van der Waals surface area contributed by atoms with Crippen LogP contribution in [0, 0.1) is 0 Å². The number of fused-ring (bicyclic) bond motifs is 1. The lowest BCUT2D eigenvalue weighted by atomic mass is 10.1. The fraction of sp³-hybridized carbons (Fsp3) is 0.533. The molecule has 1 aliphatic rings. The molecule has 0 bridgehead atoms. The van der Waals surface area contributed by atoms with Crippen LogP contribution in [0.5, 0.6) is 11.5 Å². The standard InChI is InChI=1S/C15H22N2O3/c1-4-7-17(9-15(19)16(2)3)13-10-20-14-8-11(18)5-6-12(13)14/h5-6,8,13,18H,4,7,9-10H2,1-3H3. The van der Waals surface area contributed by atoms with Crippen LogP contribution < -0.4 is 4.74 Å². The topological polar surface area (TPSA) is 53.0 Å². The third-order valence-corrected chi connectivity index (χ3v) is 3.54. The van der Waals surface area contributed by atoms with Crippen LogP contribution >= 0.6 is 0 Å². The highest BCUT2D eigenvalue weighted by Crippen LogP contribution is 2.38. The summed E-state index contributed by atoms with van der Waals surface area (Å²) < 4.78 is 5.63. The summed E-state index contributed by atoms with van der Waals surface area (Å²) >= 11 is 0. The number of nitrogens with zero attached hydrogens (tertiary/aromatic N) is 2. The Morgan fingerprint density at radius 3 is 2.85 bits per heavy atom. The van der Waals surface area contributed by atoms with E-state index >= 15 is 0 Å². The Morgan fingerprint density at radius 2 is 2.20 bits per heavy atom. The van der Waals surface area contributed by atoms with Crippen molar-refractivity contribution in [1.82, 2.24) is 9.80 Å². The van der Waals surface area contributed by atoms with Gasteiger partial charge in [0.25, 0.3) is 0 Å². The highest BCUT2D eigenvalue weighted by atomic mass is 16.5. The maximum absolute atomic E-state index is 12.0. The van der Waals surface area contributed by atoms with E-state index in [1.54, 1.807) is 31.1 Å². The van der Waals surface area contributed by atoms with E-state index in [1.165, 1.54) is 0 Å². The Labute approximate surface area is 119 Å². The molecule has 1 unspecified atom stereocenters. The van der Waals surface area contributed by atoms with Crippen LogP contribution in [0.3, 0.4) is 0 Å². The molecule has 0 saturated carbocycles. The largest absolute Gasteiger partial charge is 0.508 e. The van der Waals surface area contributed by atoms with Gasteiger partial charge in [-0.25, -0.2) is 0 Å². The summed E-state index contributed by atoms with van der Waals surface area (Å²) in [5, 5.41) is 9.49. The number of benzene rings is 1. The van der Waals surface area contributed by atoms with Crippen molar-refractivity contribution >= 4 is 5.91 Å². The second-order valence-electron chi connectivity index (χ2n) is 5.31. The highest BCUT2D eigenvalue weighted by Gasteiger charge is 2.30. The molecule has 110 valence electrons. The van der Waals surface area contributed by atoms with Crippen molar-refractivity contribution in [3.8, 4) is 11.5 Å². The van der Waals surface area contributed by atoms with E-state index in [0.29, 0.717) is 18.9 Å². The summed E-state index contributed by atoms with van der Waals surface area (Å²) in [5.41, 5.74) is 1.04. The van der Waals surface area contributed by atoms with Gasteiger partial charge in [-0.05, 0) is 25.1 Å². The first kappa shape index (κ1) is 14.7. The van der Waals surface area contributed by atoms with E-state index in [-0.39, 0.29) is 17.7 Å². The zero-order chi connectivity index (χ0) is 14.7. The molecule has 0 saturated heterocycles. The van der Waals surface area contributed by atoms with E-state index in [2.05, 4.69) is 11.8 Å². The quantitative estimate of drug-likeness (QED) is 0.889. The van der Waals surface area contributed by atoms with Gasteiger partial charge >= 0.3 is 0 Å². The van der Waals surface area contributed by atoms with E-state index < -0.39 is 0 Å². The van der Waals surface area contributed by atoms with Gasteiger partial charge in [0.2, 0.25) is 5.91 Å². The molecule has 20 heavy (non-hydrogen) atoms. The summed E-state index contributed by atoms with van der Waals surface area (Å²) in [6.45, 7) is 3.85. The number of carbonyl (C=O) groups excluding carboxylic acids is 1. The molecule has 1 amide bonds. The van der Waals surface area contributed by atoms with Crippen molar-refractivity contribution in [3.05, 3.63) is 23.8 Å². The number of rotatable bonds is 5. The van der Waals surface area contributed by atoms with Crippen LogP contribution in [0.25, 0.3) is 0 Å². The molecule has 1 aromatic carbocycles. The second-order valence-corrected chi connectivity index (χ2v) is 5.31. The average molecular weight is 278 g/mol. The Kier molecular flexibility index (Phi) is 4.49. The number of carbonyl (C=O) groups is 1. The third kappa shape index (κ3) is 3.04. The van der Waals surface area contributed by atoms with Crippen molar-refractivity contribution < 1.29 is 14.6 Å². The number of ether oxygens (including phenoxy) is 1. The lowest BCUT2D eigenvalue weighted by Crippen LogP contribution is -2.39. The molecular formula is C15H22N2O3. The molecule has 1 aromatic rings. The molecule has 5 heteroatoms. The summed E-state index contributed by atoms with van der Waals surface area (Å²) in [7, 11) is 3.53. The van der Waals surface area contributed by atoms with Crippen molar-refractivity contribution in [1.29, 1.82) is 0 Å². The van der Waals surface area contributed by atoms with Crippen LogP contribution in [-0.4, -0.2) is 54.6 Å². The Balaban J connectivity index is 2.18. The second kappa shape index (κ2) is 6.13. The van der Waals surface area contributed by atoms with Gasteiger partial charge in [-0.15, -0.1) is 0 Å². The van der Waals surface area contributed by atoms with Gasteiger partial charge < -0.3 is 14.7 Å². The first-order valence-corrected chi connectivity index (χ1v) is 6.92. The molecule has 0 fully saturated rings. The molecule has 5 nitrogen and oxygen atoms in total. The lowest BCUT2D eigenvalue weighted by Gasteiger charge is -2.28. The molecule has 1 N–H and O–H groups in total. The van der Waals surface area contributed by atoms with Gasteiger partial charge in [-0.3, -0.25) is 9.69 Å². The van der Waals surface area contributed by atoms with Gasteiger partial charge in [0.15, 0.2) is 0 Å². The summed E-state index contributed by atoms with van der Waals surface area (Å²) in [6, 6.07) is 5.26. The zero-order valence-electron chi connectivity index (χ0n) is 12.3. The summed E-state index contributed by atoms with van der Waals surface area (Å²) in [6.07, 6.45) is 0.977. The van der Waals surface area contributed by atoms with Crippen molar-refractivity contribution in [2.45, 2.75) is 19.4 Å². The number of amides is 1. The van der Waals surface area contributed by atoms with Crippen LogP contribution in [0.2, 0.25) is 0 Å². The first-order chi connectivity index (χ1) is 9.52. The van der Waals surface area contributed by atoms with Crippen molar-refractivity contribution in [3.63, 3.8) is 0 Å². The summed E-state index contributed by atoms with van der Waals surface area (Å²) in [5.74, 6) is 1.01. The SMILES string of the molecule is CCCN(CC(=O)N(C)C)C1COc2cc(O)ccc21. The van der Waals surface area contributed by atoms with Crippen molar-refractivity contribution in [2.75, 3.05) is 33.8 Å². The van der Waals surface area contributed by atoms with E-state index in [1.807, 2.05) is 6.07 Å². The molecule has 2 rings (SSSR count). The minimum Gasteiger partial charge on any atom is -0.508 e. The Morgan fingerprint density at radius 1 is 1.45 bits per heavy atom. The smallest absolute Gasteiger partial charge is 0.236 e. The predicted molar refractivity (Wildman–Crippen MR) is 76.9 cm³/mol. The van der Waals surface area contributed by atoms with Crippen LogP contribution in [-0.2, 0) is 4.79 Å². The fourth-order valence-corrected chi connectivity index (χ4v) is 2.43. The molecule has 0 aromatic heterocycles. The minimum atomic E-state index is 0.0782. The van der Waals surface area contributed by atoms with Crippen molar-refractivity contribution in [2.24, 2.45) is 0 Å². The molecule has 1 heterocycles. The molecule has 0 radical (unpaired) electrons. The van der Waals surface area contributed by atoms with Gasteiger partial charge in [0, 0.05) is 25.7 Å². The number of likely N-dealkylation sites (N-methyl/N-ethyl adjacent to an activating group) is 1. The Bertz CT molecular complexity index is 488. The maximum Gasteiger partial charge on any atom is 0.236 e. The first-order valence-electron chi connectivity index (χ1n) is 6.92. The number of hydrogen-bond donors (Lipinski definition) is 1. The zero-order valence-corrected chi connectivity index (χ0v) is 12.3. The molecular weight excluding hydrogens is 256 g/mol. The third-order valence-electron chi connectivity index (χ3n) is 3.54. The van der Waals surface area contributed by atoms with Crippen LogP contribution in [0.1, 0.15) is 24.9 Å². The fourth-order valence-electron chi connectivity index (χ4n) is 2.43. The van der Waals surface area contributed by atoms with E-state index in [4.69, 9.17) is 4.74 Å². The van der Waals surface area contributed by atoms with Gasteiger partial charge in [-0.2, -0.15) is 0 Å². The molecule has 0 aliphatic carbocycles. The Hall–Kier alpha value is -1.75. The number of phenolic OH excluding ortho intramolecular Hbond substituents is 1. The van der Waals surface area contributed by atoms with Gasteiger partial charge in [-0.1, -0.05) is 6.92 Å². The summed E-state index contributed by atoms with van der Waals surface area (Å²) in [4.78, 5) is 15.7.